The van der Waals surface area contributed by atoms with E-state index >= 15 is 0 Å². The normalized spacial score (nSPS) is 11.9. The minimum absolute atomic E-state index is 0.0588. The number of rotatable bonds is 18. The molecule has 6 N–H and O–H groups in total. The van der Waals surface area contributed by atoms with Crippen LogP contribution in [0.1, 0.15) is 27.4 Å². The lowest BCUT2D eigenvalue weighted by Gasteiger charge is -2.13. The molecular formula is C85H56N18O7. The fraction of sp³-hybridized carbons (Fsp3) is 0.0353. The number of aromatic hydroxyl groups is 5. The number of hydrogen-bond acceptors (Lipinski definition) is 21. The van der Waals surface area contributed by atoms with Gasteiger partial charge in [-0.1, -0.05) is 78.9 Å². The molecule has 18 aromatic rings. The van der Waals surface area contributed by atoms with Crippen LogP contribution in [0.25, 0.3) is 122 Å². The molecule has 0 unspecified atom stereocenters. The number of aromatic nitrogens is 12. The van der Waals surface area contributed by atoms with Crippen LogP contribution in [0.4, 0.5) is 34.1 Å². The molecule has 18 rings (SSSR count). The van der Waals surface area contributed by atoms with E-state index < -0.39 is 11.7 Å². The molecule has 0 aliphatic rings. The van der Waals surface area contributed by atoms with E-state index in [1.54, 1.807) is 116 Å². The smallest absolute Gasteiger partial charge is 0.339 e. The van der Waals surface area contributed by atoms with Gasteiger partial charge in [-0.25, -0.2) is 24.7 Å². The van der Waals surface area contributed by atoms with Crippen molar-refractivity contribution in [2.24, 2.45) is 30.7 Å². The Morgan fingerprint density at radius 1 is 0.345 bits per heavy atom. The van der Waals surface area contributed by atoms with Crippen molar-refractivity contribution >= 4 is 106 Å². The predicted octanol–water partition coefficient (Wildman–Crippen LogP) is 19.5. The fourth-order valence-corrected chi connectivity index (χ4v) is 13.9. The fourth-order valence-electron chi connectivity index (χ4n) is 13.9. The second-order valence-corrected chi connectivity index (χ2v) is 25.8. The molecule has 0 fully saturated rings. The summed E-state index contributed by atoms with van der Waals surface area (Å²) in [7, 11) is 0. The molecule has 0 radical (unpaired) electrons. The number of carboxylic acids is 1. The van der Waals surface area contributed by atoms with Crippen LogP contribution in [0.15, 0.2) is 298 Å². The molecule has 9 heterocycles. The van der Waals surface area contributed by atoms with E-state index in [1.807, 2.05) is 141 Å². The second-order valence-electron chi connectivity index (χ2n) is 25.8. The Bertz CT molecular complexity index is 6800. The Balaban J connectivity index is 0.654. The van der Waals surface area contributed by atoms with Gasteiger partial charge in [-0.15, -0.1) is 15.3 Å². The lowest BCUT2D eigenvalue weighted by Crippen LogP contribution is -2.04. The van der Waals surface area contributed by atoms with Gasteiger partial charge in [-0.3, -0.25) is 24.9 Å². The number of imidazole rings is 3. The van der Waals surface area contributed by atoms with Crippen LogP contribution < -0.4 is 0 Å². The monoisotopic (exact) mass is 1440 g/mol. The van der Waals surface area contributed by atoms with Crippen molar-refractivity contribution in [1.82, 2.24) is 58.6 Å². The van der Waals surface area contributed by atoms with Crippen molar-refractivity contribution in [3.8, 4) is 85.7 Å². The minimum atomic E-state index is -1.37. The molecule has 0 bridgehead atoms. The standard InChI is InChI=1S/C85H56N18O7/c104-73-34-29-63(78-74(105)33-27-55(77(73)78)48-23-28-65(90-44-48)83-93-68-40-50(25-31-71(68)102(83)46-53-14-4-8-36-87-53)96-99-79-58-17-2-1-16-57(58)75(106)43-76(79)107)98-95-49-24-30-72-69(39-49)94-84(103(72)47-54-15-5-9-37-88-54)66-22-12-21-62(91-66)56-18-11-19-59-60(56)42-61(85(109)110)81(108)80(59)100-97-51-26-32-70-67(41-51)92-82(64-20-6-10-38-89-64)101(70)45-52-13-3-7-35-86-52/h1-44,104-108H,45-47H2,(H,109,110). The number of aromatic carboxylic acids is 1. The average Bonchev–Trinajstić information content (AvgIpc) is 1.49. The van der Waals surface area contributed by atoms with E-state index in [-0.39, 0.29) is 51.0 Å². The van der Waals surface area contributed by atoms with Crippen molar-refractivity contribution in [3.05, 3.63) is 290 Å². The molecule has 0 amide bonds. The summed E-state index contributed by atoms with van der Waals surface area (Å²) >= 11 is 0. The Labute approximate surface area is 622 Å². The summed E-state index contributed by atoms with van der Waals surface area (Å²) < 4.78 is 6.05. The summed E-state index contributed by atoms with van der Waals surface area (Å²) in [5, 5.41) is 96.8. The van der Waals surface area contributed by atoms with Crippen molar-refractivity contribution in [3.63, 3.8) is 0 Å². The van der Waals surface area contributed by atoms with Crippen LogP contribution in [-0.4, -0.2) is 95.2 Å². The van der Waals surface area contributed by atoms with E-state index in [0.29, 0.717) is 137 Å². The van der Waals surface area contributed by atoms with Gasteiger partial charge >= 0.3 is 5.97 Å². The van der Waals surface area contributed by atoms with Crippen LogP contribution in [0, 0.1) is 0 Å². The van der Waals surface area contributed by atoms with Gasteiger partial charge < -0.3 is 44.3 Å². The minimum Gasteiger partial charge on any atom is -0.507 e. The molecule has 0 saturated carbocycles. The highest BCUT2D eigenvalue weighted by atomic mass is 16.4. The van der Waals surface area contributed by atoms with Crippen molar-refractivity contribution in [2.75, 3.05) is 0 Å². The molecule has 25 nitrogen and oxygen atoms in total. The van der Waals surface area contributed by atoms with Crippen LogP contribution in [0.2, 0.25) is 0 Å². The summed E-state index contributed by atoms with van der Waals surface area (Å²) in [5.74, 6) is -0.833. The van der Waals surface area contributed by atoms with E-state index in [9.17, 15) is 35.4 Å². The van der Waals surface area contributed by atoms with Gasteiger partial charge in [0.2, 0.25) is 0 Å². The number of carbonyl (C=O) groups is 1. The Kier molecular flexibility index (Phi) is 16.7. The molecular weight excluding hydrogens is 1390 g/mol. The summed E-state index contributed by atoms with van der Waals surface area (Å²) in [5.41, 5.74) is 11.6. The summed E-state index contributed by atoms with van der Waals surface area (Å²) in [6.45, 7) is 1.08. The highest BCUT2D eigenvalue weighted by molar-refractivity contribution is 6.10. The molecule has 528 valence electrons. The largest absolute Gasteiger partial charge is 0.507 e. The first kappa shape index (κ1) is 66.3. The highest BCUT2D eigenvalue weighted by Gasteiger charge is 2.25. The molecule has 25 heteroatoms. The molecule has 0 atom stereocenters. The van der Waals surface area contributed by atoms with E-state index in [4.69, 9.17) is 35.1 Å². The maximum Gasteiger partial charge on any atom is 0.339 e. The van der Waals surface area contributed by atoms with E-state index in [2.05, 4.69) is 40.4 Å². The Morgan fingerprint density at radius 3 is 1.40 bits per heavy atom. The molecule has 9 aromatic carbocycles. The quantitative estimate of drug-likeness (QED) is 0.0435. The zero-order valence-electron chi connectivity index (χ0n) is 57.7. The van der Waals surface area contributed by atoms with E-state index in [0.717, 1.165) is 33.6 Å². The summed E-state index contributed by atoms with van der Waals surface area (Å²) in [4.78, 5) is 56.8. The number of phenols is 5. The van der Waals surface area contributed by atoms with Crippen LogP contribution in [0.3, 0.4) is 0 Å². The van der Waals surface area contributed by atoms with Gasteiger partial charge in [0.05, 0.1) is 104 Å². The molecule has 0 spiro atoms. The first-order chi connectivity index (χ1) is 53.9. The van der Waals surface area contributed by atoms with Crippen LogP contribution in [-0.2, 0) is 19.6 Å². The topological polar surface area (TPSA) is 343 Å². The van der Waals surface area contributed by atoms with Gasteiger partial charge in [0.15, 0.2) is 23.2 Å². The Hall–Kier alpha value is -15.7. The maximum absolute atomic E-state index is 13.0. The number of fused-ring (bicyclic) bond motifs is 6. The lowest BCUT2D eigenvalue weighted by atomic mass is 9.96. The number of phenolic OH excluding ortho intramolecular Hbond substituents is 4. The average molecular weight is 1440 g/mol. The Morgan fingerprint density at radius 2 is 0.836 bits per heavy atom. The van der Waals surface area contributed by atoms with Gasteiger partial charge in [0, 0.05) is 69.7 Å². The first-order valence-electron chi connectivity index (χ1n) is 34.6. The van der Waals surface area contributed by atoms with Crippen LogP contribution in [0.5, 0.6) is 28.7 Å². The number of nitrogens with zero attached hydrogens (tertiary/aromatic N) is 18. The number of benzene rings is 9. The van der Waals surface area contributed by atoms with Crippen molar-refractivity contribution < 1.29 is 35.4 Å². The van der Waals surface area contributed by atoms with Gasteiger partial charge in [-0.05, 0) is 163 Å². The number of azo groups is 3. The number of pyridine rings is 6. The van der Waals surface area contributed by atoms with Crippen molar-refractivity contribution in [1.29, 1.82) is 0 Å². The second kappa shape index (κ2) is 27.8. The first-order valence-corrected chi connectivity index (χ1v) is 34.6. The zero-order chi connectivity index (χ0) is 74.5. The third kappa shape index (κ3) is 12.4. The van der Waals surface area contributed by atoms with Gasteiger partial charge in [0.1, 0.15) is 57.0 Å². The number of hydrogen-bond donors (Lipinski definition) is 6. The molecule has 9 aromatic heterocycles. The third-order valence-electron chi connectivity index (χ3n) is 19.0. The maximum atomic E-state index is 13.0. The van der Waals surface area contributed by atoms with Crippen LogP contribution >= 0.6 is 0 Å². The third-order valence-corrected chi connectivity index (χ3v) is 19.0. The number of carboxylic acid groups (broad SMARTS) is 1. The summed E-state index contributed by atoms with van der Waals surface area (Å²) in [6, 6.07) is 69.7. The zero-order valence-corrected chi connectivity index (χ0v) is 57.7. The molecule has 0 aliphatic heterocycles. The molecule has 0 aliphatic carbocycles. The summed E-state index contributed by atoms with van der Waals surface area (Å²) in [6.07, 6.45) is 8.58. The van der Waals surface area contributed by atoms with E-state index in [1.165, 1.54) is 24.3 Å². The van der Waals surface area contributed by atoms with Crippen molar-refractivity contribution in [2.45, 2.75) is 19.6 Å². The predicted molar refractivity (Wildman–Crippen MR) is 417 cm³/mol. The SMILES string of the molecule is O=C(O)c1cc2c(-c3cccc(-c4nc5cc(N=Nc6ccc(O)c7c(-c8ccc(-c9nc%10cc(N=Nc%11c(O)cc(O)c%12ccccc%11%12)ccc%10n9Cc9ccccn9)nc8)ccc(O)c67)ccc5n4Cc4ccccn4)n3)cccc2c(N=Nc2ccc3c(c2)nc(-c2ccccn2)n3Cc2ccccn2)c1O. The molecule has 0 saturated heterocycles. The highest BCUT2D eigenvalue weighted by Crippen LogP contribution is 2.47. The molecule has 110 heavy (non-hydrogen) atoms. The van der Waals surface area contributed by atoms with Gasteiger partial charge in [0.25, 0.3) is 0 Å². The lowest BCUT2D eigenvalue weighted by molar-refractivity contribution is 0.0694. The van der Waals surface area contributed by atoms with Gasteiger partial charge in [-0.2, -0.15) is 15.3 Å².